The molecule has 0 aliphatic heterocycles. The van der Waals surface area contributed by atoms with E-state index in [1.807, 2.05) is 12.1 Å². The fraction of sp³-hybridized carbons (Fsp3) is 0.0526. The van der Waals surface area contributed by atoms with Gasteiger partial charge < -0.3 is 5.32 Å². The highest BCUT2D eigenvalue weighted by atomic mass is 35.5. The van der Waals surface area contributed by atoms with Crippen LogP contribution in [0.3, 0.4) is 0 Å². The van der Waals surface area contributed by atoms with Crippen LogP contribution >= 0.6 is 23.4 Å². The normalized spacial score (nSPS) is 10.9. The number of rotatable bonds is 5. The minimum atomic E-state index is -0.354. The highest BCUT2D eigenvalue weighted by molar-refractivity contribution is 8.00. The van der Waals surface area contributed by atoms with Crippen molar-refractivity contribution in [3.63, 3.8) is 0 Å². The van der Waals surface area contributed by atoms with Gasteiger partial charge in [0.25, 0.3) is 0 Å². The van der Waals surface area contributed by atoms with Gasteiger partial charge in [-0.25, -0.2) is 19.0 Å². The number of carbonyl (C=O) groups is 1. The Hall–Kier alpha value is -2.97. The molecule has 0 saturated carbocycles. The maximum absolute atomic E-state index is 12.9. The van der Waals surface area contributed by atoms with E-state index in [4.69, 9.17) is 11.6 Å². The van der Waals surface area contributed by atoms with Gasteiger partial charge in [-0.15, -0.1) is 0 Å². The van der Waals surface area contributed by atoms with E-state index < -0.39 is 0 Å². The van der Waals surface area contributed by atoms with Gasteiger partial charge in [-0.3, -0.25) is 4.79 Å². The molecule has 0 bridgehead atoms. The number of benzene rings is 2. The minimum Gasteiger partial charge on any atom is -0.325 e. The zero-order chi connectivity index (χ0) is 19.5. The molecule has 4 aromatic rings. The maximum atomic E-state index is 12.9. The van der Waals surface area contributed by atoms with Gasteiger partial charge in [-0.2, -0.15) is 5.10 Å². The zero-order valence-electron chi connectivity index (χ0n) is 14.3. The number of thioether (sulfide) groups is 1. The Balaban J connectivity index is 1.51. The van der Waals surface area contributed by atoms with Gasteiger partial charge in [0.15, 0.2) is 5.65 Å². The summed E-state index contributed by atoms with van der Waals surface area (Å²) in [5.74, 6) is -0.427. The average Bonchev–Trinajstić information content (AvgIpc) is 3.13. The van der Waals surface area contributed by atoms with E-state index in [-0.39, 0.29) is 17.5 Å². The van der Waals surface area contributed by atoms with Crippen molar-refractivity contribution in [2.45, 2.75) is 5.03 Å². The molecule has 0 aliphatic carbocycles. The summed E-state index contributed by atoms with van der Waals surface area (Å²) in [6.07, 6.45) is 3.10. The van der Waals surface area contributed by atoms with Crippen molar-refractivity contribution in [2.24, 2.45) is 0 Å². The standard InChI is InChI=1S/C19H13ClFN5OS/c20-12-2-1-3-15(8-12)26-18-16(9-24-26)19(23-11-22-18)28-10-17(27)25-14-6-4-13(21)5-7-14/h1-9,11H,10H2,(H,25,27). The van der Waals surface area contributed by atoms with Gasteiger partial charge in [0, 0.05) is 10.7 Å². The monoisotopic (exact) mass is 413 g/mol. The number of carbonyl (C=O) groups excluding carboxylic acids is 1. The van der Waals surface area contributed by atoms with Crippen LogP contribution in [0.4, 0.5) is 10.1 Å². The van der Waals surface area contributed by atoms with Crippen LogP contribution in [-0.2, 0) is 4.79 Å². The summed E-state index contributed by atoms with van der Waals surface area (Å²) in [5, 5.41) is 9.08. The first kappa shape index (κ1) is 18.4. The molecule has 0 radical (unpaired) electrons. The average molecular weight is 414 g/mol. The van der Waals surface area contributed by atoms with Crippen LogP contribution in [-0.4, -0.2) is 31.4 Å². The predicted molar refractivity (Wildman–Crippen MR) is 107 cm³/mol. The molecule has 2 aromatic heterocycles. The molecule has 0 fully saturated rings. The van der Waals surface area contributed by atoms with Gasteiger partial charge in [0.05, 0.1) is 23.0 Å². The van der Waals surface area contributed by atoms with Crippen molar-refractivity contribution in [2.75, 3.05) is 11.1 Å². The summed E-state index contributed by atoms with van der Waals surface area (Å²) in [5.41, 5.74) is 1.94. The lowest BCUT2D eigenvalue weighted by atomic mass is 10.3. The third kappa shape index (κ3) is 3.97. The smallest absolute Gasteiger partial charge is 0.234 e. The molecular weight excluding hydrogens is 401 g/mol. The highest BCUT2D eigenvalue weighted by Crippen LogP contribution is 2.26. The summed E-state index contributed by atoms with van der Waals surface area (Å²) in [7, 11) is 0. The fourth-order valence-corrected chi connectivity index (χ4v) is 3.54. The van der Waals surface area contributed by atoms with Gasteiger partial charge in [0.1, 0.15) is 17.2 Å². The molecule has 0 aliphatic rings. The first-order chi connectivity index (χ1) is 13.6. The number of nitrogens with zero attached hydrogens (tertiary/aromatic N) is 4. The molecule has 6 nitrogen and oxygen atoms in total. The van der Waals surface area contributed by atoms with Gasteiger partial charge >= 0.3 is 0 Å². The minimum absolute atomic E-state index is 0.145. The molecule has 2 heterocycles. The second kappa shape index (κ2) is 7.95. The van der Waals surface area contributed by atoms with E-state index in [0.717, 1.165) is 11.1 Å². The molecule has 0 saturated heterocycles. The van der Waals surface area contributed by atoms with Crippen LogP contribution in [0.5, 0.6) is 0 Å². The number of hydrogen-bond acceptors (Lipinski definition) is 5. The molecule has 2 aromatic carbocycles. The van der Waals surface area contributed by atoms with Crippen LogP contribution in [0.15, 0.2) is 66.1 Å². The largest absolute Gasteiger partial charge is 0.325 e. The van der Waals surface area contributed by atoms with Crippen molar-refractivity contribution in [1.82, 2.24) is 19.7 Å². The van der Waals surface area contributed by atoms with E-state index in [2.05, 4.69) is 20.4 Å². The number of aromatic nitrogens is 4. The van der Waals surface area contributed by atoms with Crippen LogP contribution < -0.4 is 5.32 Å². The molecule has 1 N–H and O–H groups in total. The molecule has 0 atom stereocenters. The lowest BCUT2D eigenvalue weighted by Gasteiger charge is -2.06. The SMILES string of the molecule is O=C(CSc1ncnc2c1cnn2-c1cccc(Cl)c1)Nc1ccc(F)cc1. The molecular formula is C19H13ClFN5OS. The van der Waals surface area contributed by atoms with Crippen LogP contribution in [0.25, 0.3) is 16.7 Å². The lowest BCUT2D eigenvalue weighted by Crippen LogP contribution is -2.14. The van der Waals surface area contributed by atoms with Crippen LogP contribution in [0.1, 0.15) is 0 Å². The molecule has 9 heteroatoms. The topological polar surface area (TPSA) is 72.7 Å². The molecule has 28 heavy (non-hydrogen) atoms. The van der Waals surface area contributed by atoms with E-state index in [9.17, 15) is 9.18 Å². The molecule has 1 amide bonds. The van der Waals surface area contributed by atoms with E-state index in [1.165, 1.54) is 42.4 Å². The third-order valence-corrected chi connectivity index (χ3v) is 5.09. The van der Waals surface area contributed by atoms with Crippen molar-refractivity contribution >= 4 is 46.0 Å². The number of fused-ring (bicyclic) bond motifs is 1. The van der Waals surface area contributed by atoms with Gasteiger partial charge in [-0.1, -0.05) is 29.4 Å². The Morgan fingerprint density at radius 1 is 1.18 bits per heavy atom. The maximum Gasteiger partial charge on any atom is 0.234 e. The Kier molecular flexibility index (Phi) is 5.23. The Morgan fingerprint density at radius 2 is 2.00 bits per heavy atom. The highest BCUT2D eigenvalue weighted by Gasteiger charge is 2.13. The molecule has 4 rings (SSSR count). The Morgan fingerprint density at radius 3 is 2.79 bits per heavy atom. The Labute approximate surface area is 168 Å². The lowest BCUT2D eigenvalue weighted by molar-refractivity contribution is -0.113. The predicted octanol–water partition coefficient (Wildman–Crippen LogP) is 4.34. The van der Waals surface area contributed by atoms with Crippen LogP contribution in [0.2, 0.25) is 5.02 Å². The number of amides is 1. The van der Waals surface area contributed by atoms with Crippen molar-refractivity contribution < 1.29 is 9.18 Å². The Bertz CT molecular complexity index is 1150. The van der Waals surface area contributed by atoms with Crippen molar-refractivity contribution in [3.8, 4) is 5.69 Å². The van der Waals surface area contributed by atoms with E-state index >= 15 is 0 Å². The summed E-state index contributed by atoms with van der Waals surface area (Å²) in [6.45, 7) is 0. The van der Waals surface area contributed by atoms with Crippen molar-refractivity contribution in [1.29, 1.82) is 0 Å². The summed E-state index contributed by atoms with van der Waals surface area (Å²) in [4.78, 5) is 20.7. The second-order valence-corrected chi connectivity index (χ2v) is 7.20. The fourth-order valence-electron chi connectivity index (χ4n) is 2.60. The first-order valence-corrected chi connectivity index (χ1v) is 9.59. The van der Waals surface area contributed by atoms with Crippen LogP contribution in [0, 0.1) is 5.82 Å². The summed E-state index contributed by atoms with van der Waals surface area (Å²) >= 11 is 7.34. The number of halogens is 2. The first-order valence-electron chi connectivity index (χ1n) is 8.23. The number of anilines is 1. The quantitative estimate of drug-likeness (QED) is 0.389. The summed E-state index contributed by atoms with van der Waals surface area (Å²) < 4.78 is 14.6. The second-order valence-electron chi connectivity index (χ2n) is 5.80. The number of hydrogen-bond donors (Lipinski definition) is 1. The van der Waals surface area contributed by atoms with E-state index in [1.54, 1.807) is 23.0 Å². The number of nitrogens with one attached hydrogen (secondary N) is 1. The van der Waals surface area contributed by atoms with Gasteiger partial charge in [-0.05, 0) is 42.5 Å². The zero-order valence-corrected chi connectivity index (χ0v) is 15.9. The van der Waals surface area contributed by atoms with Gasteiger partial charge in [0.2, 0.25) is 5.91 Å². The molecule has 140 valence electrons. The van der Waals surface area contributed by atoms with E-state index in [0.29, 0.717) is 21.4 Å². The summed E-state index contributed by atoms with van der Waals surface area (Å²) in [6, 6.07) is 12.9. The molecule has 0 spiro atoms. The van der Waals surface area contributed by atoms with Crippen molar-refractivity contribution in [3.05, 3.63) is 71.9 Å². The molecule has 0 unspecified atom stereocenters. The third-order valence-electron chi connectivity index (χ3n) is 3.85.